The average Bonchev–Trinajstić information content (AvgIpc) is 2.67. The molecule has 0 aliphatic heterocycles. The molecule has 2 N–H and O–H groups in total. The number of rotatable bonds is 6. The molecule has 0 radical (unpaired) electrons. The smallest absolute Gasteiger partial charge is 0.259 e. The van der Waals surface area contributed by atoms with Crippen molar-refractivity contribution in [2.45, 2.75) is 12.8 Å². The molecular weight excluding hydrogens is 310 g/mol. The highest BCUT2D eigenvalue weighted by Gasteiger charge is 2.04. The Morgan fingerprint density at radius 1 is 1.00 bits per heavy atom. The molecule has 0 saturated carbocycles. The van der Waals surface area contributed by atoms with E-state index < -0.39 is 0 Å². The molecule has 0 aliphatic carbocycles. The van der Waals surface area contributed by atoms with Gasteiger partial charge in [0, 0.05) is 23.2 Å². The van der Waals surface area contributed by atoms with Gasteiger partial charge in [0.1, 0.15) is 0 Å². The second-order valence-corrected chi connectivity index (χ2v) is 5.89. The third kappa shape index (κ3) is 4.44. The van der Waals surface area contributed by atoms with E-state index in [4.69, 9.17) is 0 Å². The summed E-state index contributed by atoms with van der Waals surface area (Å²) in [5, 5.41) is 9.47. The topological polar surface area (TPSA) is 53.5 Å². The normalized spacial score (nSPS) is 12.2. The summed E-state index contributed by atoms with van der Waals surface area (Å²) in [6, 6.07) is 24.1. The van der Waals surface area contributed by atoms with Crippen LogP contribution in [0.3, 0.4) is 0 Å². The number of nitrogens with one attached hydrogen (secondary N) is 2. The summed E-state index contributed by atoms with van der Waals surface area (Å²) >= 11 is 0. The second-order valence-electron chi connectivity index (χ2n) is 5.89. The van der Waals surface area contributed by atoms with Gasteiger partial charge in [-0.2, -0.15) is 5.10 Å². The van der Waals surface area contributed by atoms with Gasteiger partial charge in [-0.1, -0.05) is 73.7 Å². The summed E-state index contributed by atoms with van der Waals surface area (Å²) < 4.78 is 0. The maximum atomic E-state index is 12.0. The molecule has 0 unspecified atom stereocenters. The molecule has 0 spiro atoms. The molecule has 0 bridgehead atoms. The van der Waals surface area contributed by atoms with Gasteiger partial charge in [-0.15, -0.1) is 0 Å². The van der Waals surface area contributed by atoms with Crippen LogP contribution in [-0.4, -0.2) is 18.7 Å². The van der Waals surface area contributed by atoms with E-state index >= 15 is 0 Å². The number of carbonyl (C=O) groups excluding carboxylic acids is 1. The van der Waals surface area contributed by atoms with E-state index in [0.29, 0.717) is 0 Å². The third-order valence-electron chi connectivity index (χ3n) is 4.04. The molecule has 0 heterocycles. The minimum Gasteiger partial charge on any atom is -0.376 e. The zero-order chi connectivity index (χ0) is 17.5. The molecular formula is C21H21N3O. The summed E-state index contributed by atoms with van der Waals surface area (Å²) in [5.41, 5.74) is 4.67. The average molecular weight is 331 g/mol. The van der Waals surface area contributed by atoms with Crippen molar-refractivity contribution in [3.05, 3.63) is 78.4 Å². The number of hydrogen-bond donors (Lipinski definition) is 2. The minimum atomic E-state index is -0.176. The standard InChI is InChI=1S/C21H21N3O/c1-16(17-8-3-2-4-9-17)14-23-24-21(25)15-22-20-13-7-11-18-10-5-6-12-19(18)20/h2-14,16,22H,15H2,1H3,(H,24,25)/b23-14-/t16-/m0/s1. The predicted molar refractivity (Wildman–Crippen MR) is 104 cm³/mol. The van der Waals surface area contributed by atoms with Crippen LogP contribution < -0.4 is 10.7 Å². The lowest BCUT2D eigenvalue weighted by atomic mass is 10.0. The first kappa shape index (κ1) is 16.7. The van der Waals surface area contributed by atoms with Gasteiger partial charge in [-0.25, -0.2) is 5.43 Å². The van der Waals surface area contributed by atoms with Crippen molar-refractivity contribution >= 4 is 28.6 Å². The van der Waals surface area contributed by atoms with Gasteiger partial charge in [0.2, 0.25) is 0 Å². The first-order valence-corrected chi connectivity index (χ1v) is 8.32. The van der Waals surface area contributed by atoms with Gasteiger partial charge in [0.25, 0.3) is 5.91 Å². The predicted octanol–water partition coefficient (Wildman–Crippen LogP) is 4.16. The summed E-state index contributed by atoms with van der Waals surface area (Å²) in [4.78, 5) is 12.0. The number of benzene rings is 3. The number of hydrazone groups is 1. The highest BCUT2D eigenvalue weighted by atomic mass is 16.2. The van der Waals surface area contributed by atoms with Gasteiger partial charge < -0.3 is 5.32 Å². The van der Waals surface area contributed by atoms with Crippen molar-refractivity contribution in [3.63, 3.8) is 0 Å². The Balaban J connectivity index is 1.53. The summed E-state index contributed by atoms with van der Waals surface area (Å²) in [5.74, 6) is -0.0306. The fraction of sp³-hybridized carbons (Fsp3) is 0.143. The Labute approximate surface area is 147 Å². The van der Waals surface area contributed by atoms with E-state index in [2.05, 4.69) is 28.0 Å². The number of hydrogen-bond acceptors (Lipinski definition) is 3. The molecule has 1 amide bonds. The van der Waals surface area contributed by atoms with Crippen LogP contribution in [0.4, 0.5) is 5.69 Å². The van der Waals surface area contributed by atoms with E-state index in [0.717, 1.165) is 22.0 Å². The molecule has 4 nitrogen and oxygen atoms in total. The van der Waals surface area contributed by atoms with Crippen LogP contribution in [0.2, 0.25) is 0 Å². The minimum absolute atomic E-state index is 0.146. The van der Waals surface area contributed by atoms with E-state index in [1.807, 2.05) is 67.6 Å². The Kier molecular flexibility index (Phi) is 5.42. The molecule has 25 heavy (non-hydrogen) atoms. The van der Waals surface area contributed by atoms with E-state index in [9.17, 15) is 4.79 Å². The van der Waals surface area contributed by atoms with Crippen LogP contribution in [0.15, 0.2) is 77.9 Å². The Hall–Kier alpha value is -3.14. The molecule has 0 saturated heterocycles. The fourth-order valence-electron chi connectivity index (χ4n) is 2.66. The molecule has 0 aromatic heterocycles. The van der Waals surface area contributed by atoms with E-state index in [-0.39, 0.29) is 18.4 Å². The van der Waals surface area contributed by atoms with E-state index in [1.165, 1.54) is 0 Å². The van der Waals surface area contributed by atoms with Gasteiger partial charge in [-0.05, 0) is 17.0 Å². The first-order chi connectivity index (χ1) is 12.2. The van der Waals surface area contributed by atoms with Crippen molar-refractivity contribution in [2.24, 2.45) is 5.10 Å². The lowest BCUT2D eigenvalue weighted by Gasteiger charge is -2.09. The highest BCUT2D eigenvalue weighted by molar-refractivity contribution is 5.95. The monoisotopic (exact) mass is 331 g/mol. The zero-order valence-corrected chi connectivity index (χ0v) is 14.1. The molecule has 0 fully saturated rings. The van der Waals surface area contributed by atoms with Crippen LogP contribution >= 0.6 is 0 Å². The first-order valence-electron chi connectivity index (χ1n) is 8.32. The Bertz CT molecular complexity index is 869. The summed E-state index contributed by atoms with van der Waals surface area (Å²) in [6.45, 7) is 2.21. The van der Waals surface area contributed by atoms with Crippen molar-refractivity contribution in [1.82, 2.24) is 5.43 Å². The lowest BCUT2D eigenvalue weighted by molar-refractivity contribution is -0.119. The molecule has 3 aromatic carbocycles. The second kappa shape index (κ2) is 8.11. The number of amides is 1. The number of anilines is 1. The van der Waals surface area contributed by atoms with Crippen LogP contribution in [0.1, 0.15) is 18.4 Å². The largest absolute Gasteiger partial charge is 0.376 e. The summed E-state index contributed by atoms with van der Waals surface area (Å²) in [6.07, 6.45) is 1.74. The van der Waals surface area contributed by atoms with Crippen molar-refractivity contribution in [3.8, 4) is 0 Å². The molecule has 3 rings (SSSR count). The molecule has 4 heteroatoms. The number of nitrogens with zero attached hydrogens (tertiary/aromatic N) is 1. The highest BCUT2D eigenvalue weighted by Crippen LogP contribution is 2.22. The van der Waals surface area contributed by atoms with Crippen molar-refractivity contribution < 1.29 is 4.79 Å². The molecule has 3 aromatic rings. The van der Waals surface area contributed by atoms with Crippen molar-refractivity contribution in [2.75, 3.05) is 11.9 Å². The van der Waals surface area contributed by atoms with Gasteiger partial charge in [0.05, 0.1) is 6.54 Å². The molecule has 0 aliphatic rings. The van der Waals surface area contributed by atoms with Gasteiger partial charge in [-0.3, -0.25) is 4.79 Å². The summed E-state index contributed by atoms with van der Waals surface area (Å²) in [7, 11) is 0. The SMILES string of the molecule is C[C@@H](/C=N\NC(=O)CNc1cccc2ccccc12)c1ccccc1. The van der Waals surface area contributed by atoms with E-state index in [1.54, 1.807) is 6.21 Å². The maximum absolute atomic E-state index is 12.0. The van der Waals surface area contributed by atoms with Crippen molar-refractivity contribution in [1.29, 1.82) is 0 Å². The van der Waals surface area contributed by atoms with Gasteiger partial charge >= 0.3 is 0 Å². The lowest BCUT2D eigenvalue weighted by Crippen LogP contribution is -2.26. The fourth-order valence-corrected chi connectivity index (χ4v) is 2.66. The van der Waals surface area contributed by atoms with Crippen LogP contribution in [-0.2, 0) is 4.79 Å². The van der Waals surface area contributed by atoms with Gasteiger partial charge in [0.15, 0.2) is 0 Å². The Morgan fingerprint density at radius 2 is 1.72 bits per heavy atom. The third-order valence-corrected chi connectivity index (χ3v) is 4.04. The number of fused-ring (bicyclic) bond motifs is 1. The van der Waals surface area contributed by atoms with Crippen LogP contribution in [0, 0.1) is 0 Å². The molecule has 1 atom stereocenters. The Morgan fingerprint density at radius 3 is 2.56 bits per heavy atom. The molecule has 126 valence electrons. The van der Waals surface area contributed by atoms with Crippen LogP contribution in [0.5, 0.6) is 0 Å². The number of carbonyl (C=O) groups is 1. The maximum Gasteiger partial charge on any atom is 0.259 e. The van der Waals surface area contributed by atoms with Crippen LogP contribution in [0.25, 0.3) is 10.8 Å². The zero-order valence-electron chi connectivity index (χ0n) is 14.1. The quantitative estimate of drug-likeness (QED) is 0.526.